The van der Waals surface area contributed by atoms with Gasteiger partial charge in [-0.2, -0.15) is 0 Å². The van der Waals surface area contributed by atoms with E-state index in [1.165, 1.54) is 0 Å². The highest BCUT2D eigenvalue weighted by Crippen LogP contribution is 2.25. The van der Waals surface area contributed by atoms with Crippen LogP contribution in [0.25, 0.3) is 0 Å². The second-order valence-electron chi connectivity index (χ2n) is 3.36. The molecule has 0 aliphatic heterocycles. The molecule has 0 spiro atoms. The van der Waals surface area contributed by atoms with E-state index in [-0.39, 0.29) is 0 Å². The van der Waals surface area contributed by atoms with Gasteiger partial charge in [0.1, 0.15) is 5.03 Å². The second kappa shape index (κ2) is 5.09. The van der Waals surface area contributed by atoms with E-state index in [9.17, 15) is 5.11 Å². The van der Waals surface area contributed by atoms with E-state index < -0.39 is 6.10 Å². The van der Waals surface area contributed by atoms with Crippen LogP contribution in [0.1, 0.15) is 18.7 Å². The number of aromatic nitrogens is 2. The van der Waals surface area contributed by atoms with Crippen molar-refractivity contribution < 1.29 is 5.11 Å². The Bertz CT molecular complexity index is 442. The Morgan fingerprint density at radius 2 is 2.06 bits per heavy atom. The maximum Gasteiger partial charge on any atom is 0.101 e. The van der Waals surface area contributed by atoms with Gasteiger partial charge in [-0.25, -0.2) is 4.98 Å². The maximum atomic E-state index is 9.32. The Morgan fingerprint density at radius 3 is 2.62 bits per heavy atom. The van der Waals surface area contributed by atoms with Crippen LogP contribution in [0.3, 0.4) is 0 Å². The summed E-state index contributed by atoms with van der Waals surface area (Å²) in [7, 11) is 0. The monoisotopic (exact) mass is 232 g/mol. The third kappa shape index (κ3) is 2.81. The van der Waals surface area contributed by atoms with Gasteiger partial charge in [-0.3, -0.25) is 4.98 Å². The molecular weight excluding hydrogens is 220 g/mol. The minimum Gasteiger partial charge on any atom is -0.387 e. The first-order chi connectivity index (χ1) is 7.75. The first-order valence-corrected chi connectivity index (χ1v) is 5.80. The molecule has 0 bridgehead atoms. The molecule has 0 fully saturated rings. The van der Waals surface area contributed by atoms with Crippen molar-refractivity contribution in [3.8, 4) is 0 Å². The molecule has 82 valence electrons. The maximum absolute atomic E-state index is 9.32. The van der Waals surface area contributed by atoms with Crippen LogP contribution >= 0.6 is 11.8 Å². The van der Waals surface area contributed by atoms with Crippen LogP contribution in [-0.2, 0) is 0 Å². The third-order valence-corrected chi connectivity index (χ3v) is 2.98. The molecule has 0 aliphatic carbocycles. The summed E-state index contributed by atoms with van der Waals surface area (Å²) in [5, 5.41) is 10.3. The Labute approximate surface area is 98.6 Å². The SMILES string of the molecule is CC(O)c1ccc(Sc2ccccn2)cn1. The molecule has 0 saturated heterocycles. The van der Waals surface area contributed by atoms with Gasteiger partial charge >= 0.3 is 0 Å². The quantitative estimate of drug-likeness (QED) is 0.883. The summed E-state index contributed by atoms with van der Waals surface area (Å²) in [5.74, 6) is 0. The predicted molar refractivity (Wildman–Crippen MR) is 63.2 cm³/mol. The van der Waals surface area contributed by atoms with E-state index in [1.54, 1.807) is 31.1 Å². The fourth-order valence-corrected chi connectivity index (χ4v) is 1.97. The van der Waals surface area contributed by atoms with E-state index in [4.69, 9.17) is 0 Å². The Hall–Kier alpha value is -1.39. The summed E-state index contributed by atoms with van der Waals surface area (Å²) >= 11 is 1.55. The molecule has 4 heteroatoms. The molecule has 0 radical (unpaired) electrons. The Morgan fingerprint density at radius 1 is 1.19 bits per heavy atom. The zero-order valence-corrected chi connectivity index (χ0v) is 9.69. The summed E-state index contributed by atoms with van der Waals surface area (Å²) < 4.78 is 0. The van der Waals surface area contributed by atoms with Gasteiger partial charge in [-0.15, -0.1) is 0 Å². The summed E-state index contributed by atoms with van der Waals surface area (Å²) in [6.45, 7) is 1.70. The summed E-state index contributed by atoms with van der Waals surface area (Å²) in [6.07, 6.45) is 3.00. The number of hydrogen-bond donors (Lipinski definition) is 1. The molecule has 16 heavy (non-hydrogen) atoms. The molecule has 0 saturated carbocycles. The van der Waals surface area contributed by atoms with Gasteiger partial charge in [0.05, 0.1) is 11.8 Å². The van der Waals surface area contributed by atoms with Crippen molar-refractivity contribution in [3.05, 3.63) is 48.4 Å². The summed E-state index contributed by atoms with van der Waals surface area (Å²) in [5.41, 5.74) is 0.686. The van der Waals surface area contributed by atoms with Crippen molar-refractivity contribution in [2.45, 2.75) is 22.9 Å². The molecule has 1 N–H and O–H groups in total. The van der Waals surface area contributed by atoms with E-state index >= 15 is 0 Å². The van der Waals surface area contributed by atoms with Gasteiger partial charge in [0.15, 0.2) is 0 Å². The lowest BCUT2D eigenvalue weighted by atomic mass is 10.2. The van der Waals surface area contributed by atoms with Crippen molar-refractivity contribution >= 4 is 11.8 Å². The van der Waals surface area contributed by atoms with Gasteiger partial charge in [0, 0.05) is 17.3 Å². The smallest absolute Gasteiger partial charge is 0.101 e. The van der Waals surface area contributed by atoms with Gasteiger partial charge in [0.25, 0.3) is 0 Å². The number of rotatable bonds is 3. The summed E-state index contributed by atoms with van der Waals surface area (Å²) in [4.78, 5) is 9.41. The number of nitrogens with zero attached hydrogens (tertiary/aromatic N) is 2. The number of hydrogen-bond acceptors (Lipinski definition) is 4. The van der Waals surface area contributed by atoms with Crippen LogP contribution in [0.15, 0.2) is 52.6 Å². The third-order valence-electron chi connectivity index (χ3n) is 2.05. The van der Waals surface area contributed by atoms with Crippen LogP contribution < -0.4 is 0 Å². The molecular formula is C12H12N2OS. The van der Waals surface area contributed by atoms with E-state index in [0.717, 1.165) is 9.92 Å². The van der Waals surface area contributed by atoms with Crippen LogP contribution in [0.5, 0.6) is 0 Å². The Balaban J connectivity index is 2.11. The zero-order chi connectivity index (χ0) is 11.4. The van der Waals surface area contributed by atoms with Gasteiger partial charge in [-0.1, -0.05) is 17.8 Å². The van der Waals surface area contributed by atoms with Crippen molar-refractivity contribution in [1.29, 1.82) is 0 Å². The van der Waals surface area contributed by atoms with Gasteiger partial charge in [-0.05, 0) is 31.2 Å². The molecule has 1 atom stereocenters. The Kier molecular flexibility index (Phi) is 3.54. The van der Waals surface area contributed by atoms with Crippen LogP contribution in [0.4, 0.5) is 0 Å². The van der Waals surface area contributed by atoms with Gasteiger partial charge in [0.2, 0.25) is 0 Å². The number of aliphatic hydroxyl groups is 1. The van der Waals surface area contributed by atoms with E-state index in [2.05, 4.69) is 9.97 Å². The second-order valence-corrected chi connectivity index (χ2v) is 4.46. The average molecular weight is 232 g/mol. The van der Waals surface area contributed by atoms with Crippen molar-refractivity contribution in [2.24, 2.45) is 0 Å². The van der Waals surface area contributed by atoms with Crippen LogP contribution in [0, 0.1) is 0 Å². The molecule has 2 rings (SSSR count). The minimum absolute atomic E-state index is 0.520. The topological polar surface area (TPSA) is 46.0 Å². The highest BCUT2D eigenvalue weighted by atomic mass is 32.2. The molecule has 0 amide bonds. The fraction of sp³-hybridized carbons (Fsp3) is 0.167. The average Bonchev–Trinajstić information content (AvgIpc) is 2.31. The molecule has 1 unspecified atom stereocenters. The van der Waals surface area contributed by atoms with E-state index in [1.807, 2.05) is 30.3 Å². The first kappa shape index (κ1) is 11.1. The summed E-state index contributed by atoms with van der Waals surface area (Å²) in [6, 6.07) is 9.56. The first-order valence-electron chi connectivity index (χ1n) is 4.98. The molecule has 2 aromatic heterocycles. The minimum atomic E-state index is -0.520. The standard InChI is InChI=1S/C12H12N2OS/c1-9(15)11-6-5-10(8-14-11)16-12-4-2-3-7-13-12/h2-9,15H,1H3. The van der Waals surface area contributed by atoms with Crippen LogP contribution in [-0.4, -0.2) is 15.1 Å². The zero-order valence-electron chi connectivity index (χ0n) is 8.87. The fourth-order valence-electron chi connectivity index (χ4n) is 1.23. The predicted octanol–water partition coefficient (Wildman–Crippen LogP) is 2.68. The number of pyridine rings is 2. The van der Waals surface area contributed by atoms with Gasteiger partial charge < -0.3 is 5.11 Å². The lowest BCUT2D eigenvalue weighted by Crippen LogP contribution is -1.94. The largest absolute Gasteiger partial charge is 0.387 e. The van der Waals surface area contributed by atoms with Crippen molar-refractivity contribution in [3.63, 3.8) is 0 Å². The highest BCUT2D eigenvalue weighted by Gasteiger charge is 2.03. The molecule has 3 nitrogen and oxygen atoms in total. The van der Waals surface area contributed by atoms with E-state index in [0.29, 0.717) is 5.69 Å². The highest BCUT2D eigenvalue weighted by molar-refractivity contribution is 7.99. The van der Waals surface area contributed by atoms with Crippen molar-refractivity contribution in [1.82, 2.24) is 9.97 Å². The molecule has 0 aromatic carbocycles. The molecule has 2 heterocycles. The lowest BCUT2D eigenvalue weighted by molar-refractivity contribution is 0.194. The normalized spacial score (nSPS) is 12.4. The molecule has 2 aromatic rings. The van der Waals surface area contributed by atoms with Crippen LogP contribution in [0.2, 0.25) is 0 Å². The van der Waals surface area contributed by atoms with Crippen molar-refractivity contribution in [2.75, 3.05) is 0 Å². The number of aliphatic hydroxyl groups excluding tert-OH is 1. The molecule has 0 aliphatic rings. The lowest BCUT2D eigenvalue weighted by Gasteiger charge is -2.04.